The second kappa shape index (κ2) is 5.74. The van der Waals surface area contributed by atoms with Crippen LogP contribution in [0.15, 0.2) is 29.2 Å². The second-order valence-corrected chi connectivity index (χ2v) is 6.14. The highest BCUT2D eigenvalue weighted by Gasteiger charge is 2.29. The van der Waals surface area contributed by atoms with Gasteiger partial charge in [0.2, 0.25) is 0 Å². The molecule has 0 radical (unpaired) electrons. The van der Waals surface area contributed by atoms with E-state index < -0.39 is 10.8 Å². The molecule has 0 aliphatic heterocycles. The predicted molar refractivity (Wildman–Crippen MR) is 67.9 cm³/mol. The number of halogens is 1. The normalized spacial score (nSPS) is 26.7. The maximum absolute atomic E-state index is 12.8. The molecule has 2 rings (SSSR count). The lowest BCUT2D eigenvalue weighted by molar-refractivity contribution is 0.399. The number of benzene rings is 1. The first-order valence-corrected chi connectivity index (χ1v) is 7.27. The van der Waals surface area contributed by atoms with Crippen LogP contribution < -0.4 is 5.32 Å². The summed E-state index contributed by atoms with van der Waals surface area (Å²) in [6, 6.07) is 6.34. The molecular weight excluding hydrogens is 237 g/mol. The van der Waals surface area contributed by atoms with Gasteiger partial charge in [0.05, 0.1) is 16.0 Å². The highest BCUT2D eigenvalue weighted by Crippen LogP contribution is 2.26. The molecule has 0 bridgehead atoms. The Morgan fingerprint density at radius 3 is 2.53 bits per heavy atom. The summed E-state index contributed by atoms with van der Waals surface area (Å²) >= 11 is 0. The Morgan fingerprint density at radius 2 is 1.88 bits per heavy atom. The van der Waals surface area contributed by atoms with E-state index in [1.54, 1.807) is 12.1 Å². The highest BCUT2D eigenvalue weighted by atomic mass is 32.2. The zero-order valence-corrected chi connectivity index (χ0v) is 10.8. The molecule has 0 aromatic heterocycles. The average Bonchev–Trinajstić information content (AvgIpc) is 2.39. The molecule has 0 amide bonds. The van der Waals surface area contributed by atoms with Crippen LogP contribution in [0.1, 0.15) is 25.7 Å². The Hall–Kier alpha value is -0.740. The van der Waals surface area contributed by atoms with E-state index in [-0.39, 0.29) is 11.1 Å². The van der Waals surface area contributed by atoms with E-state index in [4.69, 9.17) is 0 Å². The van der Waals surface area contributed by atoms with Gasteiger partial charge < -0.3 is 5.32 Å². The SMILES string of the molecule is CNC1CCCCC1S(=O)c1ccc(F)cc1. The van der Waals surface area contributed by atoms with Crippen molar-refractivity contribution in [3.05, 3.63) is 30.1 Å². The van der Waals surface area contributed by atoms with E-state index in [0.717, 1.165) is 24.2 Å². The van der Waals surface area contributed by atoms with Crippen LogP contribution in [-0.2, 0) is 10.8 Å². The van der Waals surface area contributed by atoms with Gasteiger partial charge in [0.1, 0.15) is 5.82 Å². The summed E-state index contributed by atoms with van der Waals surface area (Å²) in [5, 5.41) is 3.40. The number of hydrogen-bond donors (Lipinski definition) is 1. The molecule has 94 valence electrons. The fourth-order valence-electron chi connectivity index (χ4n) is 2.43. The Bertz CT molecular complexity index is 393. The Labute approximate surface area is 104 Å². The lowest BCUT2D eigenvalue weighted by atomic mass is 9.95. The van der Waals surface area contributed by atoms with Crippen molar-refractivity contribution >= 4 is 10.8 Å². The predicted octanol–water partition coefficient (Wildman–Crippen LogP) is 2.46. The molecule has 17 heavy (non-hydrogen) atoms. The molecule has 1 aliphatic rings. The lowest BCUT2D eigenvalue weighted by Gasteiger charge is -2.30. The molecule has 1 fully saturated rings. The lowest BCUT2D eigenvalue weighted by Crippen LogP contribution is -2.42. The number of nitrogens with one attached hydrogen (secondary N) is 1. The molecule has 3 unspecified atom stereocenters. The van der Waals surface area contributed by atoms with Crippen LogP contribution in [0.25, 0.3) is 0 Å². The summed E-state index contributed by atoms with van der Waals surface area (Å²) < 4.78 is 25.3. The first-order chi connectivity index (χ1) is 8.22. The molecule has 0 heterocycles. The smallest absolute Gasteiger partial charge is 0.123 e. The molecule has 1 N–H and O–H groups in total. The van der Waals surface area contributed by atoms with Crippen molar-refractivity contribution in [2.45, 2.75) is 41.9 Å². The zero-order chi connectivity index (χ0) is 12.3. The standard InChI is InChI=1S/C13H18FNOS/c1-15-12-4-2-3-5-13(12)17(16)11-8-6-10(14)7-9-11/h6-9,12-13,15H,2-5H2,1H3. The summed E-state index contributed by atoms with van der Waals surface area (Å²) in [4.78, 5) is 0.735. The molecule has 1 aromatic rings. The third-order valence-corrected chi connectivity index (χ3v) is 5.25. The summed E-state index contributed by atoms with van der Waals surface area (Å²) in [6.45, 7) is 0. The molecule has 1 aromatic carbocycles. The van der Waals surface area contributed by atoms with E-state index >= 15 is 0 Å². The van der Waals surface area contributed by atoms with Gasteiger partial charge in [-0.2, -0.15) is 0 Å². The quantitative estimate of drug-likeness (QED) is 0.899. The minimum absolute atomic E-state index is 0.152. The second-order valence-electron chi connectivity index (χ2n) is 4.47. The van der Waals surface area contributed by atoms with Crippen molar-refractivity contribution < 1.29 is 8.60 Å². The van der Waals surface area contributed by atoms with E-state index in [0.29, 0.717) is 6.04 Å². The highest BCUT2D eigenvalue weighted by molar-refractivity contribution is 7.85. The van der Waals surface area contributed by atoms with Gasteiger partial charge in [0.15, 0.2) is 0 Å². The summed E-state index contributed by atoms with van der Waals surface area (Å²) in [5.74, 6) is -0.278. The number of hydrogen-bond acceptors (Lipinski definition) is 2. The molecule has 3 atom stereocenters. The van der Waals surface area contributed by atoms with Crippen LogP contribution >= 0.6 is 0 Å². The first kappa shape index (κ1) is 12.7. The monoisotopic (exact) mass is 255 g/mol. The zero-order valence-electron chi connectivity index (χ0n) is 9.99. The van der Waals surface area contributed by atoms with Gasteiger partial charge >= 0.3 is 0 Å². The minimum atomic E-state index is -1.04. The van der Waals surface area contributed by atoms with Crippen LogP contribution in [0.5, 0.6) is 0 Å². The van der Waals surface area contributed by atoms with Gasteiger partial charge in [-0.15, -0.1) is 0 Å². The fraction of sp³-hybridized carbons (Fsp3) is 0.538. The van der Waals surface area contributed by atoms with Gasteiger partial charge in [0.25, 0.3) is 0 Å². The molecule has 2 nitrogen and oxygen atoms in total. The van der Waals surface area contributed by atoms with E-state index in [9.17, 15) is 8.60 Å². The van der Waals surface area contributed by atoms with Gasteiger partial charge in [-0.1, -0.05) is 12.8 Å². The van der Waals surface area contributed by atoms with Gasteiger partial charge in [-0.25, -0.2) is 4.39 Å². The van der Waals surface area contributed by atoms with Crippen LogP contribution in [-0.4, -0.2) is 22.5 Å². The average molecular weight is 255 g/mol. The van der Waals surface area contributed by atoms with Crippen LogP contribution in [0.2, 0.25) is 0 Å². The summed E-state index contributed by atoms with van der Waals surface area (Å²) in [7, 11) is 0.884. The molecule has 4 heteroatoms. The maximum Gasteiger partial charge on any atom is 0.123 e. The topological polar surface area (TPSA) is 29.1 Å². The molecule has 1 aliphatic carbocycles. The van der Waals surface area contributed by atoms with Crippen molar-refractivity contribution in [2.75, 3.05) is 7.05 Å². The molecule has 0 saturated heterocycles. The molecule has 0 spiro atoms. The van der Waals surface area contributed by atoms with Gasteiger partial charge in [-0.05, 0) is 44.2 Å². The van der Waals surface area contributed by atoms with Crippen LogP contribution in [0.4, 0.5) is 4.39 Å². The van der Waals surface area contributed by atoms with Crippen molar-refractivity contribution in [1.29, 1.82) is 0 Å². The van der Waals surface area contributed by atoms with Crippen LogP contribution in [0, 0.1) is 5.82 Å². The maximum atomic E-state index is 12.8. The van der Waals surface area contributed by atoms with E-state index in [2.05, 4.69) is 5.32 Å². The largest absolute Gasteiger partial charge is 0.316 e. The van der Waals surface area contributed by atoms with Crippen molar-refractivity contribution in [3.8, 4) is 0 Å². The van der Waals surface area contributed by atoms with E-state index in [1.165, 1.54) is 18.6 Å². The Balaban J connectivity index is 2.15. The third kappa shape index (κ3) is 2.93. The number of rotatable bonds is 3. The summed E-state index contributed by atoms with van der Waals surface area (Å²) in [5.41, 5.74) is 0. The molecular formula is C13H18FNOS. The van der Waals surface area contributed by atoms with E-state index in [1.807, 2.05) is 7.05 Å². The molecule has 1 saturated carbocycles. The fourth-order valence-corrected chi connectivity index (χ4v) is 4.13. The van der Waals surface area contributed by atoms with Gasteiger partial charge in [0, 0.05) is 10.9 Å². The van der Waals surface area contributed by atoms with Crippen molar-refractivity contribution in [3.63, 3.8) is 0 Å². The Morgan fingerprint density at radius 1 is 1.24 bits per heavy atom. The first-order valence-electron chi connectivity index (χ1n) is 6.06. The minimum Gasteiger partial charge on any atom is -0.316 e. The van der Waals surface area contributed by atoms with Crippen LogP contribution in [0.3, 0.4) is 0 Å². The third-order valence-electron chi connectivity index (χ3n) is 3.39. The summed E-state index contributed by atoms with van der Waals surface area (Å²) in [6.07, 6.45) is 4.39. The van der Waals surface area contributed by atoms with Crippen molar-refractivity contribution in [1.82, 2.24) is 5.32 Å². The van der Waals surface area contributed by atoms with Gasteiger partial charge in [-0.3, -0.25) is 4.21 Å². The van der Waals surface area contributed by atoms with Crippen molar-refractivity contribution in [2.24, 2.45) is 0 Å². The Kier molecular flexibility index (Phi) is 4.29.